The maximum Gasteiger partial charge on any atom is 0.411 e. The highest BCUT2D eigenvalue weighted by Crippen LogP contribution is 2.15. The number of hydrogen-bond acceptors (Lipinski definition) is 4. The largest absolute Gasteiger partial charge is 0.411 e. The summed E-state index contributed by atoms with van der Waals surface area (Å²) in [4.78, 5) is 8.67. The van der Waals surface area contributed by atoms with Crippen molar-refractivity contribution in [2.45, 2.75) is 46.3 Å². The summed E-state index contributed by atoms with van der Waals surface area (Å²) >= 11 is 0. The molecular weight excluding hydrogens is 283 g/mol. The average molecular weight is 305 g/mol. The molecule has 0 amide bonds. The number of nitrogens with one attached hydrogen (secondary N) is 1. The number of aromatic nitrogens is 2. The Morgan fingerprint density at radius 2 is 1.76 bits per heavy atom. The van der Waals surface area contributed by atoms with Gasteiger partial charge in [0.2, 0.25) is 0 Å². The van der Waals surface area contributed by atoms with Crippen molar-refractivity contribution < 1.29 is 17.9 Å². The molecule has 0 fully saturated rings. The Hall–Kier alpha value is -1.21. The van der Waals surface area contributed by atoms with Gasteiger partial charge in [0.25, 0.3) is 0 Å². The fourth-order valence-corrected chi connectivity index (χ4v) is 1.92. The van der Waals surface area contributed by atoms with E-state index in [2.05, 4.69) is 26.9 Å². The summed E-state index contributed by atoms with van der Waals surface area (Å²) in [7, 11) is 0. The molecule has 1 rings (SSSR count). The minimum Gasteiger partial charge on any atom is -0.372 e. The Kier molecular flexibility index (Phi) is 7.04. The molecule has 0 radical (unpaired) electrons. The number of nitrogens with zero attached hydrogens (tertiary/aromatic N) is 2. The third-order valence-corrected chi connectivity index (χ3v) is 2.93. The van der Waals surface area contributed by atoms with Crippen molar-refractivity contribution in [3.63, 3.8) is 0 Å². The molecule has 0 aliphatic rings. The summed E-state index contributed by atoms with van der Waals surface area (Å²) in [6.45, 7) is 6.22. The molecule has 0 saturated carbocycles. The van der Waals surface area contributed by atoms with E-state index >= 15 is 0 Å². The van der Waals surface area contributed by atoms with Gasteiger partial charge in [0, 0.05) is 29.9 Å². The second-order valence-electron chi connectivity index (χ2n) is 4.88. The van der Waals surface area contributed by atoms with Crippen LogP contribution < -0.4 is 5.32 Å². The van der Waals surface area contributed by atoms with Crippen LogP contribution in [-0.4, -0.2) is 35.9 Å². The van der Waals surface area contributed by atoms with Gasteiger partial charge in [0.05, 0.1) is 6.61 Å². The molecule has 0 aliphatic carbocycles. The lowest BCUT2D eigenvalue weighted by Gasteiger charge is -2.12. The Balaban J connectivity index is 2.53. The second kappa shape index (κ2) is 8.29. The summed E-state index contributed by atoms with van der Waals surface area (Å²) in [5.41, 5.74) is 2.76. The fourth-order valence-electron chi connectivity index (χ4n) is 1.92. The van der Waals surface area contributed by atoms with Gasteiger partial charge in [-0.3, -0.25) is 0 Å². The Morgan fingerprint density at radius 1 is 1.14 bits per heavy atom. The van der Waals surface area contributed by atoms with E-state index in [0.717, 1.165) is 29.9 Å². The number of rotatable bonds is 8. The molecule has 0 aromatic carbocycles. The lowest BCUT2D eigenvalue weighted by molar-refractivity contribution is -0.173. The Bertz CT molecular complexity index is 427. The predicted octanol–water partition coefficient (Wildman–Crippen LogP) is 2.71. The van der Waals surface area contributed by atoms with Crippen molar-refractivity contribution in [3.8, 4) is 0 Å². The molecule has 21 heavy (non-hydrogen) atoms. The van der Waals surface area contributed by atoms with Crippen molar-refractivity contribution in [1.82, 2.24) is 15.3 Å². The molecule has 120 valence electrons. The van der Waals surface area contributed by atoms with E-state index in [1.54, 1.807) is 0 Å². The molecule has 0 aliphatic heterocycles. The van der Waals surface area contributed by atoms with Gasteiger partial charge in [0.1, 0.15) is 12.4 Å². The van der Waals surface area contributed by atoms with Gasteiger partial charge in [-0.05, 0) is 26.8 Å². The SMILES string of the molecule is CCCNCc1c(C)nc(CCOCC(F)(F)F)nc1C. The van der Waals surface area contributed by atoms with Crippen LogP contribution in [0.1, 0.15) is 36.1 Å². The van der Waals surface area contributed by atoms with Crippen molar-refractivity contribution in [1.29, 1.82) is 0 Å². The molecular formula is C14H22F3N3O. The molecule has 1 heterocycles. The topological polar surface area (TPSA) is 47.0 Å². The van der Waals surface area contributed by atoms with Crippen molar-refractivity contribution >= 4 is 0 Å². The van der Waals surface area contributed by atoms with Gasteiger partial charge >= 0.3 is 6.18 Å². The van der Waals surface area contributed by atoms with Gasteiger partial charge in [-0.25, -0.2) is 9.97 Å². The monoisotopic (exact) mass is 305 g/mol. The van der Waals surface area contributed by atoms with Crippen LogP contribution in [0.4, 0.5) is 13.2 Å². The van der Waals surface area contributed by atoms with Crippen molar-refractivity contribution in [3.05, 3.63) is 22.8 Å². The highest BCUT2D eigenvalue weighted by Gasteiger charge is 2.27. The van der Waals surface area contributed by atoms with Crippen LogP contribution in [0.3, 0.4) is 0 Å². The van der Waals surface area contributed by atoms with Gasteiger partial charge in [0.15, 0.2) is 0 Å². The Labute approximate surface area is 123 Å². The zero-order valence-corrected chi connectivity index (χ0v) is 12.7. The highest BCUT2D eigenvalue weighted by atomic mass is 19.4. The zero-order valence-electron chi connectivity index (χ0n) is 12.7. The maximum atomic E-state index is 11.9. The summed E-state index contributed by atoms with van der Waals surface area (Å²) < 4.78 is 40.4. The number of alkyl halides is 3. The van der Waals surface area contributed by atoms with Crippen LogP contribution in [0.5, 0.6) is 0 Å². The molecule has 0 unspecified atom stereocenters. The van der Waals surface area contributed by atoms with Crippen LogP contribution in [0.2, 0.25) is 0 Å². The number of aryl methyl sites for hydroxylation is 2. The normalized spacial score (nSPS) is 11.9. The van der Waals surface area contributed by atoms with Gasteiger partial charge in [-0.15, -0.1) is 0 Å². The first-order valence-corrected chi connectivity index (χ1v) is 7.01. The molecule has 0 bridgehead atoms. The first-order chi connectivity index (χ1) is 9.83. The van der Waals surface area contributed by atoms with E-state index in [9.17, 15) is 13.2 Å². The molecule has 0 atom stereocenters. The minimum atomic E-state index is -4.29. The third-order valence-electron chi connectivity index (χ3n) is 2.93. The lowest BCUT2D eigenvalue weighted by Crippen LogP contribution is -2.19. The Morgan fingerprint density at radius 3 is 2.29 bits per heavy atom. The molecule has 0 spiro atoms. The van der Waals surface area contributed by atoms with E-state index in [1.807, 2.05) is 13.8 Å². The maximum absolute atomic E-state index is 11.9. The molecule has 0 saturated heterocycles. The quantitative estimate of drug-likeness (QED) is 0.750. The standard InChI is InChI=1S/C14H22F3N3O/c1-4-6-18-8-12-10(2)19-13(20-11(12)3)5-7-21-9-14(15,16)17/h18H,4-9H2,1-3H3. The fraction of sp³-hybridized carbons (Fsp3) is 0.714. The van der Waals surface area contributed by atoms with Crippen LogP contribution in [0.25, 0.3) is 0 Å². The summed E-state index contributed by atoms with van der Waals surface area (Å²) in [5, 5.41) is 3.29. The number of ether oxygens (including phenoxy) is 1. The summed E-state index contributed by atoms with van der Waals surface area (Å²) in [6.07, 6.45) is -2.96. The van der Waals surface area contributed by atoms with Crippen LogP contribution in [0.15, 0.2) is 0 Å². The van der Waals surface area contributed by atoms with Crippen molar-refractivity contribution in [2.24, 2.45) is 0 Å². The molecule has 4 nitrogen and oxygen atoms in total. The summed E-state index contributed by atoms with van der Waals surface area (Å²) in [6, 6.07) is 0. The van der Waals surface area contributed by atoms with Crippen LogP contribution in [-0.2, 0) is 17.7 Å². The lowest BCUT2D eigenvalue weighted by atomic mass is 10.1. The summed E-state index contributed by atoms with van der Waals surface area (Å²) in [5.74, 6) is 0.520. The average Bonchev–Trinajstić information content (AvgIpc) is 2.37. The second-order valence-corrected chi connectivity index (χ2v) is 4.88. The van der Waals surface area contributed by atoms with Gasteiger partial charge < -0.3 is 10.1 Å². The van der Waals surface area contributed by atoms with E-state index < -0.39 is 12.8 Å². The van der Waals surface area contributed by atoms with E-state index in [4.69, 9.17) is 0 Å². The van der Waals surface area contributed by atoms with Crippen molar-refractivity contribution in [2.75, 3.05) is 19.8 Å². The number of hydrogen-bond donors (Lipinski definition) is 1. The molecule has 7 heteroatoms. The third kappa shape index (κ3) is 6.86. The zero-order chi connectivity index (χ0) is 15.9. The smallest absolute Gasteiger partial charge is 0.372 e. The highest BCUT2D eigenvalue weighted by molar-refractivity contribution is 5.24. The minimum absolute atomic E-state index is 0.0359. The van der Waals surface area contributed by atoms with E-state index in [-0.39, 0.29) is 13.0 Å². The first-order valence-electron chi connectivity index (χ1n) is 7.01. The van der Waals surface area contributed by atoms with Crippen LogP contribution >= 0.6 is 0 Å². The van der Waals surface area contributed by atoms with Gasteiger partial charge in [-0.2, -0.15) is 13.2 Å². The first kappa shape index (κ1) is 17.8. The van der Waals surface area contributed by atoms with E-state index in [1.165, 1.54) is 0 Å². The van der Waals surface area contributed by atoms with Gasteiger partial charge in [-0.1, -0.05) is 6.92 Å². The van der Waals surface area contributed by atoms with E-state index in [0.29, 0.717) is 12.4 Å². The predicted molar refractivity (Wildman–Crippen MR) is 74.1 cm³/mol. The molecule has 1 aromatic heterocycles. The van der Waals surface area contributed by atoms with Crippen LogP contribution in [0, 0.1) is 13.8 Å². The number of halogens is 3. The molecule has 1 aromatic rings. The molecule has 1 N–H and O–H groups in total.